The van der Waals surface area contributed by atoms with Gasteiger partial charge >= 0.3 is 0 Å². The summed E-state index contributed by atoms with van der Waals surface area (Å²) < 4.78 is 1.65. The zero-order valence-corrected chi connectivity index (χ0v) is 12.4. The molecule has 1 amide bonds. The van der Waals surface area contributed by atoms with E-state index in [1.807, 2.05) is 14.0 Å². The van der Waals surface area contributed by atoms with Crippen LogP contribution in [0.1, 0.15) is 37.8 Å². The SMILES string of the molecule is CC(CN1CCCCC1)NC(=O)C(N)c1cnn(C)c1. The van der Waals surface area contributed by atoms with E-state index in [0.29, 0.717) is 0 Å². The molecule has 1 aliphatic rings. The number of nitrogens with one attached hydrogen (secondary N) is 1. The Kier molecular flexibility index (Phi) is 5.14. The van der Waals surface area contributed by atoms with Gasteiger partial charge in [-0.1, -0.05) is 6.42 Å². The number of piperidine rings is 1. The highest BCUT2D eigenvalue weighted by Gasteiger charge is 2.20. The summed E-state index contributed by atoms with van der Waals surface area (Å²) in [6.07, 6.45) is 7.26. The molecule has 6 heteroatoms. The first-order valence-electron chi connectivity index (χ1n) is 7.33. The maximum absolute atomic E-state index is 12.1. The number of hydrogen-bond donors (Lipinski definition) is 2. The van der Waals surface area contributed by atoms with Gasteiger partial charge in [0.2, 0.25) is 5.91 Å². The molecule has 3 N–H and O–H groups in total. The molecular formula is C14H25N5O. The molecule has 0 bridgehead atoms. The molecule has 2 unspecified atom stereocenters. The zero-order chi connectivity index (χ0) is 14.5. The molecule has 1 aliphatic heterocycles. The summed E-state index contributed by atoms with van der Waals surface area (Å²) >= 11 is 0. The number of carbonyl (C=O) groups is 1. The Hall–Kier alpha value is -1.40. The summed E-state index contributed by atoms with van der Waals surface area (Å²) in [7, 11) is 1.81. The van der Waals surface area contributed by atoms with Crippen LogP contribution in [0.3, 0.4) is 0 Å². The molecule has 6 nitrogen and oxygen atoms in total. The monoisotopic (exact) mass is 279 g/mol. The van der Waals surface area contributed by atoms with Crippen molar-refractivity contribution in [2.75, 3.05) is 19.6 Å². The Labute approximate surface area is 120 Å². The second-order valence-electron chi connectivity index (χ2n) is 5.70. The van der Waals surface area contributed by atoms with E-state index in [2.05, 4.69) is 15.3 Å². The molecule has 1 fully saturated rings. The molecule has 0 aliphatic carbocycles. The summed E-state index contributed by atoms with van der Waals surface area (Å²) in [5.41, 5.74) is 6.70. The van der Waals surface area contributed by atoms with E-state index in [1.54, 1.807) is 17.1 Å². The number of likely N-dealkylation sites (tertiary alicyclic amines) is 1. The first-order valence-corrected chi connectivity index (χ1v) is 7.33. The molecule has 2 rings (SSSR count). The second kappa shape index (κ2) is 6.85. The maximum atomic E-state index is 12.1. The van der Waals surface area contributed by atoms with Crippen LogP contribution in [0.15, 0.2) is 12.4 Å². The molecule has 1 saturated heterocycles. The van der Waals surface area contributed by atoms with Gasteiger partial charge in [0.1, 0.15) is 6.04 Å². The van der Waals surface area contributed by atoms with Gasteiger partial charge in [0.15, 0.2) is 0 Å². The lowest BCUT2D eigenvalue weighted by Gasteiger charge is -2.29. The van der Waals surface area contributed by atoms with Crippen molar-refractivity contribution >= 4 is 5.91 Å². The molecule has 0 spiro atoms. The van der Waals surface area contributed by atoms with Gasteiger partial charge in [0.05, 0.1) is 6.20 Å². The van der Waals surface area contributed by atoms with Gasteiger partial charge in [-0.15, -0.1) is 0 Å². The number of carbonyl (C=O) groups excluding carboxylic acids is 1. The fourth-order valence-electron chi connectivity index (χ4n) is 2.66. The number of nitrogens with zero attached hydrogens (tertiary/aromatic N) is 3. The van der Waals surface area contributed by atoms with E-state index in [9.17, 15) is 4.79 Å². The van der Waals surface area contributed by atoms with Gasteiger partial charge < -0.3 is 16.0 Å². The summed E-state index contributed by atoms with van der Waals surface area (Å²) in [4.78, 5) is 14.5. The number of nitrogens with two attached hydrogens (primary N) is 1. The molecule has 20 heavy (non-hydrogen) atoms. The molecule has 2 atom stereocenters. The van der Waals surface area contributed by atoms with Crippen LogP contribution in [0.2, 0.25) is 0 Å². The predicted octanol–water partition coefficient (Wildman–Crippen LogP) is 0.411. The lowest BCUT2D eigenvalue weighted by molar-refractivity contribution is -0.123. The minimum absolute atomic E-state index is 0.114. The van der Waals surface area contributed by atoms with Crippen molar-refractivity contribution in [2.24, 2.45) is 12.8 Å². The zero-order valence-electron chi connectivity index (χ0n) is 12.4. The van der Waals surface area contributed by atoms with Crippen molar-refractivity contribution in [1.82, 2.24) is 20.0 Å². The van der Waals surface area contributed by atoms with Crippen LogP contribution >= 0.6 is 0 Å². The molecule has 0 radical (unpaired) electrons. The Morgan fingerprint density at radius 1 is 1.45 bits per heavy atom. The Balaban J connectivity index is 1.80. The predicted molar refractivity (Wildman–Crippen MR) is 78.0 cm³/mol. The fourth-order valence-corrected chi connectivity index (χ4v) is 2.66. The Morgan fingerprint density at radius 2 is 2.15 bits per heavy atom. The van der Waals surface area contributed by atoms with Crippen LogP contribution in [0.4, 0.5) is 0 Å². The largest absolute Gasteiger partial charge is 0.351 e. The number of aromatic nitrogens is 2. The van der Waals surface area contributed by atoms with Crippen molar-refractivity contribution in [2.45, 2.75) is 38.3 Å². The number of amides is 1. The van der Waals surface area contributed by atoms with E-state index in [1.165, 1.54) is 19.3 Å². The van der Waals surface area contributed by atoms with E-state index in [0.717, 1.165) is 25.2 Å². The van der Waals surface area contributed by atoms with Crippen LogP contribution < -0.4 is 11.1 Å². The third-order valence-corrected chi connectivity index (χ3v) is 3.74. The van der Waals surface area contributed by atoms with Crippen molar-refractivity contribution in [1.29, 1.82) is 0 Å². The van der Waals surface area contributed by atoms with E-state index in [-0.39, 0.29) is 11.9 Å². The van der Waals surface area contributed by atoms with E-state index < -0.39 is 6.04 Å². The minimum atomic E-state index is -0.646. The minimum Gasteiger partial charge on any atom is -0.351 e. The average Bonchev–Trinajstić information content (AvgIpc) is 2.85. The number of hydrogen-bond acceptors (Lipinski definition) is 4. The summed E-state index contributed by atoms with van der Waals surface area (Å²) in [5, 5.41) is 7.03. The van der Waals surface area contributed by atoms with Crippen LogP contribution in [0.25, 0.3) is 0 Å². The van der Waals surface area contributed by atoms with Crippen molar-refractivity contribution in [3.63, 3.8) is 0 Å². The molecule has 1 aromatic rings. The number of aryl methyl sites for hydroxylation is 1. The molecule has 0 saturated carbocycles. The Morgan fingerprint density at radius 3 is 2.75 bits per heavy atom. The first kappa shape index (κ1) is 15.0. The highest BCUT2D eigenvalue weighted by Crippen LogP contribution is 2.11. The normalized spacial score (nSPS) is 19.6. The molecule has 0 aromatic carbocycles. The van der Waals surface area contributed by atoms with Crippen molar-refractivity contribution in [3.8, 4) is 0 Å². The standard InChI is InChI=1S/C14H25N5O/c1-11(9-19-6-4-3-5-7-19)17-14(20)13(15)12-8-16-18(2)10-12/h8,10-11,13H,3-7,9,15H2,1-2H3,(H,17,20). The highest BCUT2D eigenvalue weighted by atomic mass is 16.2. The third-order valence-electron chi connectivity index (χ3n) is 3.74. The second-order valence-corrected chi connectivity index (χ2v) is 5.70. The topological polar surface area (TPSA) is 76.2 Å². The van der Waals surface area contributed by atoms with Gasteiger partial charge in [-0.2, -0.15) is 5.10 Å². The molecule has 112 valence electrons. The smallest absolute Gasteiger partial charge is 0.241 e. The molecule has 1 aromatic heterocycles. The van der Waals surface area contributed by atoms with Gasteiger partial charge in [-0.05, 0) is 32.9 Å². The lowest BCUT2D eigenvalue weighted by Crippen LogP contribution is -2.46. The van der Waals surface area contributed by atoms with Gasteiger partial charge in [-0.25, -0.2) is 0 Å². The quantitative estimate of drug-likeness (QED) is 0.818. The highest BCUT2D eigenvalue weighted by molar-refractivity contribution is 5.83. The molecular weight excluding hydrogens is 254 g/mol. The Bertz CT molecular complexity index is 439. The van der Waals surface area contributed by atoms with Gasteiger partial charge in [-0.3, -0.25) is 9.48 Å². The van der Waals surface area contributed by atoms with Crippen LogP contribution in [0, 0.1) is 0 Å². The van der Waals surface area contributed by atoms with E-state index >= 15 is 0 Å². The summed E-state index contributed by atoms with van der Waals surface area (Å²) in [5.74, 6) is -0.137. The summed E-state index contributed by atoms with van der Waals surface area (Å²) in [6.45, 7) is 5.19. The van der Waals surface area contributed by atoms with Crippen LogP contribution in [0.5, 0.6) is 0 Å². The van der Waals surface area contributed by atoms with E-state index in [4.69, 9.17) is 5.73 Å². The third kappa shape index (κ3) is 4.05. The molecule has 2 heterocycles. The van der Waals surface area contributed by atoms with Crippen LogP contribution in [-0.4, -0.2) is 46.3 Å². The van der Waals surface area contributed by atoms with Crippen molar-refractivity contribution < 1.29 is 4.79 Å². The number of rotatable bonds is 5. The summed E-state index contributed by atoms with van der Waals surface area (Å²) in [6, 6.07) is -0.532. The first-order chi connectivity index (χ1) is 9.56. The maximum Gasteiger partial charge on any atom is 0.241 e. The van der Waals surface area contributed by atoms with Crippen LogP contribution in [-0.2, 0) is 11.8 Å². The van der Waals surface area contributed by atoms with Gasteiger partial charge in [0.25, 0.3) is 0 Å². The average molecular weight is 279 g/mol. The van der Waals surface area contributed by atoms with Gasteiger partial charge in [0, 0.05) is 31.4 Å². The lowest BCUT2D eigenvalue weighted by atomic mass is 10.1. The fraction of sp³-hybridized carbons (Fsp3) is 0.714. The van der Waals surface area contributed by atoms with Crippen molar-refractivity contribution in [3.05, 3.63) is 18.0 Å².